The Morgan fingerprint density at radius 3 is 2.29 bits per heavy atom. The van der Waals surface area contributed by atoms with E-state index in [4.69, 9.17) is 5.11 Å². The Kier molecular flexibility index (Phi) is 5.70. The lowest BCUT2D eigenvalue weighted by Crippen LogP contribution is -2.25. The van der Waals surface area contributed by atoms with E-state index in [0.717, 1.165) is 9.75 Å². The van der Waals surface area contributed by atoms with Crippen molar-refractivity contribution in [3.63, 3.8) is 0 Å². The second kappa shape index (κ2) is 7.74. The van der Waals surface area contributed by atoms with Gasteiger partial charge >= 0.3 is 5.97 Å². The molecule has 0 radical (unpaired) electrons. The first-order valence-corrected chi connectivity index (χ1v) is 8.17. The molecule has 0 saturated carbocycles. The molecule has 24 heavy (non-hydrogen) atoms. The average molecular weight is 346 g/mol. The van der Waals surface area contributed by atoms with Crippen LogP contribution in [0, 0.1) is 13.8 Å². The van der Waals surface area contributed by atoms with Gasteiger partial charge in [0.25, 0.3) is 11.8 Å². The van der Waals surface area contributed by atoms with Crippen LogP contribution in [0.5, 0.6) is 0 Å². The molecule has 1 aromatic carbocycles. The van der Waals surface area contributed by atoms with Gasteiger partial charge < -0.3 is 15.7 Å². The number of hydrogen-bond donors (Lipinski definition) is 3. The van der Waals surface area contributed by atoms with E-state index in [2.05, 4.69) is 10.6 Å². The molecule has 126 valence electrons. The van der Waals surface area contributed by atoms with Crippen molar-refractivity contribution in [2.24, 2.45) is 0 Å². The largest absolute Gasteiger partial charge is 0.481 e. The molecule has 1 heterocycles. The standard InChI is InChI=1S/C17H18N2O4S/c1-10-9-14(11(2)24-10)17(23)19-13-5-3-12(4-6-13)16(22)18-8-7-15(20)21/h3-6,9H,7-8H2,1-2H3,(H,18,22)(H,19,23)(H,20,21). The number of nitrogens with one attached hydrogen (secondary N) is 2. The smallest absolute Gasteiger partial charge is 0.305 e. The number of thiophene rings is 1. The van der Waals surface area contributed by atoms with E-state index in [0.29, 0.717) is 16.8 Å². The van der Waals surface area contributed by atoms with Crippen molar-refractivity contribution in [2.45, 2.75) is 20.3 Å². The van der Waals surface area contributed by atoms with E-state index >= 15 is 0 Å². The summed E-state index contributed by atoms with van der Waals surface area (Å²) in [6, 6.07) is 8.28. The number of rotatable bonds is 6. The van der Waals surface area contributed by atoms with E-state index in [9.17, 15) is 14.4 Å². The van der Waals surface area contributed by atoms with Crippen LogP contribution in [0.3, 0.4) is 0 Å². The van der Waals surface area contributed by atoms with Crippen LogP contribution in [0.4, 0.5) is 5.69 Å². The molecule has 2 rings (SSSR count). The maximum atomic E-state index is 12.2. The minimum atomic E-state index is -0.965. The summed E-state index contributed by atoms with van der Waals surface area (Å²) in [4.78, 5) is 36.5. The van der Waals surface area contributed by atoms with Crippen LogP contribution in [-0.2, 0) is 4.79 Å². The third kappa shape index (κ3) is 4.66. The highest BCUT2D eigenvalue weighted by Crippen LogP contribution is 2.21. The number of carbonyl (C=O) groups is 3. The van der Waals surface area contributed by atoms with Gasteiger partial charge in [-0.25, -0.2) is 0 Å². The molecule has 0 aliphatic rings. The summed E-state index contributed by atoms with van der Waals surface area (Å²) in [7, 11) is 0. The number of hydrogen-bond acceptors (Lipinski definition) is 4. The van der Waals surface area contributed by atoms with Gasteiger partial charge in [0.2, 0.25) is 0 Å². The molecule has 0 aliphatic carbocycles. The van der Waals surface area contributed by atoms with E-state index in [-0.39, 0.29) is 24.8 Å². The number of benzene rings is 1. The van der Waals surface area contributed by atoms with E-state index in [1.165, 1.54) is 0 Å². The highest BCUT2D eigenvalue weighted by Gasteiger charge is 2.12. The summed E-state index contributed by atoms with van der Waals surface area (Å²) in [5, 5.41) is 13.9. The van der Waals surface area contributed by atoms with Gasteiger partial charge in [0, 0.05) is 27.5 Å². The fourth-order valence-corrected chi connectivity index (χ4v) is 3.07. The topological polar surface area (TPSA) is 95.5 Å². The molecule has 0 fully saturated rings. The van der Waals surface area contributed by atoms with Crippen LogP contribution >= 0.6 is 11.3 Å². The Hall–Kier alpha value is -2.67. The number of carboxylic acids is 1. The van der Waals surface area contributed by atoms with Crippen molar-refractivity contribution >= 4 is 34.8 Å². The van der Waals surface area contributed by atoms with Crippen molar-refractivity contribution in [1.29, 1.82) is 0 Å². The Morgan fingerprint density at radius 2 is 1.75 bits per heavy atom. The Bertz CT molecular complexity index is 765. The molecule has 0 saturated heterocycles. The van der Waals surface area contributed by atoms with Crippen molar-refractivity contribution in [1.82, 2.24) is 5.32 Å². The average Bonchev–Trinajstić information content (AvgIpc) is 2.86. The van der Waals surface area contributed by atoms with Gasteiger partial charge in [0.05, 0.1) is 12.0 Å². The first-order valence-electron chi connectivity index (χ1n) is 7.35. The van der Waals surface area contributed by atoms with E-state index in [1.54, 1.807) is 35.6 Å². The quantitative estimate of drug-likeness (QED) is 0.749. The normalized spacial score (nSPS) is 10.2. The molecule has 0 aliphatic heterocycles. The van der Waals surface area contributed by atoms with Crippen LogP contribution in [0.2, 0.25) is 0 Å². The molecule has 1 aromatic heterocycles. The van der Waals surface area contributed by atoms with E-state index < -0.39 is 5.97 Å². The fraction of sp³-hybridized carbons (Fsp3) is 0.235. The fourth-order valence-electron chi connectivity index (χ4n) is 2.14. The minimum absolute atomic E-state index is 0.0729. The van der Waals surface area contributed by atoms with E-state index in [1.807, 2.05) is 19.9 Å². The summed E-state index contributed by atoms with van der Waals surface area (Å²) < 4.78 is 0. The monoisotopic (exact) mass is 346 g/mol. The van der Waals surface area contributed by atoms with Crippen molar-refractivity contribution in [2.75, 3.05) is 11.9 Å². The van der Waals surface area contributed by atoms with Crippen LogP contribution < -0.4 is 10.6 Å². The van der Waals surface area contributed by atoms with Gasteiger partial charge in [-0.3, -0.25) is 14.4 Å². The van der Waals surface area contributed by atoms with Gasteiger partial charge in [0.1, 0.15) is 0 Å². The Morgan fingerprint density at radius 1 is 1.08 bits per heavy atom. The molecular formula is C17H18N2O4S. The van der Waals surface area contributed by atoms with Gasteiger partial charge in [0.15, 0.2) is 0 Å². The predicted octanol–water partition coefficient (Wildman–Crippen LogP) is 2.82. The zero-order valence-corrected chi connectivity index (χ0v) is 14.2. The molecule has 0 unspecified atom stereocenters. The minimum Gasteiger partial charge on any atom is -0.481 e. The highest BCUT2D eigenvalue weighted by atomic mass is 32.1. The second-order valence-corrected chi connectivity index (χ2v) is 6.72. The number of amides is 2. The first kappa shape index (κ1) is 17.7. The first-order chi connectivity index (χ1) is 11.4. The summed E-state index contributed by atoms with van der Waals surface area (Å²) in [6.45, 7) is 3.92. The second-order valence-electron chi connectivity index (χ2n) is 5.26. The van der Waals surface area contributed by atoms with Gasteiger partial charge in [-0.2, -0.15) is 0 Å². The number of carbonyl (C=O) groups excluding carboxylic acids is 2. The summed E-state index contributed by atoms with van der Waals surface area (Å²) in [5.41, 5.74) is 1.64. The summed E-state index contributed by atoms with van der Waals surface area (Å²) >= 11 is 1.57. The summed E-state index contributed by atoms with van der Waals surface area (Å²) in [5.74, 6) is -1.50. The SMILES string of the molecule is Cc1cc(C(=O)Nc2ccc(C(=O)NCCC(=O)O)cc2)c(C)s1. The van der Waals surface area contributed by atoms with Crippen LogP contribution in [0.1, 0.15) is 36.9 Å². The van der Waals surface area contributed by atoms with Crippen LogP contribution in [-0.4, -0.2) is 29.4 Å². The van der Waals surface area contributed by atoms with Crippen LogP contribution in [0.25, 0.3) is 0 Å². The zero-order valence-electron chi connectivity index (χ0n) is 13.4. The third-order valence-electron chi connectivity index (χ3n) is 3.31. The number of anilines is 1. The molecule has 0 spiro atoms. The molecular weight excluding hydrogens is 328 g/mol. The molecule has 2 aromatic rings. The number of aliphatic carboxylic acids is 1. The predicted molar refractivity (Wildman–Crippen MR) is 92.8 cm³/mol. The third-order valence-corrected chi connectivity index (χ3v) is 4.28. The molecule has 6 nitrogen and oxygen atoms in total. The van der Waals surface area contributed by atoms with Crippen LogP contribution in [0.15, 0.2) is 30.3 Å². The van der Waals surface area contributed by atoms with Crippen molar-refractivity contribution in [3.8, 4) is 0 Å². The molecule has 7 heteroatoms. The lowest BCUT2D eigenvalue weighted by Gasteiger charge is -2.07. The summed E-state index contributed by atoms with van der Waals surface area (Å²) in [6.07, 6.45) is -0.126. The lowest BCUT2D eigenvalue weighted by atomic mass is 10.1. The van der Waals surface area contributed by atoms with Gasteiger partial charge in [-0.05, 0) is 44.2 Å². The van der Waals surface area contributed by atoms with Gasteiger partial charge in [-0.15, -0.1) is 11.3 Å². The maximum Gasteiger partial charge on any atom is 0.305 e. The molecule has 3 N–H and O–H groups in total. The van der Waals surface area contributed by atoms with Gasteiger partial charge in [-0.1, -0.05) is 0 Å². The molecule has 2 amide bonds. The number of carboxylic acid groups (broad SMARTS) is 1. The maximum absolute atomic E-state index is 12.2. The Balaban J connectivity index is 1.96. The lowest BCUT2D eigenvalue weighted by molar-refractivity contribution is -0.136. The van der Waals surface area contributed by atoms with Crippen molar-refractivity contribution in [3.05, 3.63) is 51.2 Å². The number of aryl methyl sites for hydroxylation is 2. The molecule has 0 atom stereocenters. The molecule has 0 bridgehead atoms. The van der Waals surface area contributed by atoms with Crippen molar-refractivity contribution < 1.29 is 19.5 Å². The Labute approximate surface area is 143 Å². The highest BCUT2D eigenvalue weighted by molar-refractivity contribution is 7.12. The zero-order chi connectivity index (χ0) is 17.7.